The van der Waals surface area contributed by atoms with E-state index in [1.807, 2.05) is 12.1 Å². The number of ether oxygens (including phenoxy) is 3. The van der Waals surface area contributed by atoms with Gasteiger partial charge in [0.2, 0.25) is 0 Å². The predicted octanol–water partition coefficient (Wildman–Crippen LogP) is 2.34. The summed E-state index contributed by atoms with van der Waals surface area (Å²) in [6, 6.07) is 3.90. The topological polar surface area (TPSA) is 60.0 Å². The summed E-state index contributed by atoms with van der Waals surface area (Å²) in [5, 5.41) is 13.0. The van der Waals surface area contributed by atoms with Crippen LogP contribution in [0.25, 0.3) is 0 Å². The molecule has 0 fully saturated rings. The van der Waals surface area contributed by atoms with Gasteiger partial charge in [0.25, 0.3) is 0 Å². The molecule has 0 amide bonds. The van der Waals surface area contributed by atoms with Crippen molar-refractivity contribution in [3.05, 3.63) is 22.2 Å². The summed E-state index contributed by atoms with van der Waals surface area (Å²) in [5.74, 6) is 1.23. The fourth-order valence-electron chi connectivity index (χ4n) is 1.67. The second kappa shape index (κ2) is 8.58. The van der Waals surface area contributed by atoms with Crippen molar-refractivity contribution in [2.45, 2.75) is 26.0 Å². The van der Waals surface area contributed by atoms with Gasteiger partial charge >= 0.3 is 0 Å². The maximum atomic E-state index is 9.75. The van der Waals surface area contributed by atoms with E-state index in [1.54, 1.807) is 28.1 Å². The summed E-state index contributed by atoms with van der Waals surface area (Å²) in [6.07, 6.45) is 0. The minimum Gasteiger partial charge on any atom is -0.493 e. The van der Waals surface area contributed by atoms with Gasteiger partial charge in [-0.3, -0.25) is 0 Å². The van der Waals surface area contributed by atoms with Crippen molar-refractivity contribution in [3.8, 4) is 11.5 Å². The molecule has 0 radical (unpaired) electrons. The Morgan fingerprint density at radius 2 is 2.00 bits per heavy atom. The van der Waals surface area contributed by atoms with Crippen LogP contribution in [0.2, 0.25) is 0 Å². The molecule has 0 atom stereocenters. The minimum absolute atomic E-state index is 0.188. The van der Waals surface area contributed by atoms with Gasteiger partial charge in [0.15, 0.2) is 11.5 Å². The fourth-order valence-corrected chi connectivity index (χ4v) is 2.27. The number of methoxy groups -OCH3 is 2. The molecule has 0 heterocycles. The molecule has 6 heteroatoms. The lowest BCUT2D eigenvalue weighted by molar-refractivity contribution is 0.0273. The van der Waals surface area contributed by atoms with Crippen molar-refractivity contribution in [3.63, 3.8) is 0 Å². The number of nitrogens with one attached hydrogen (secondary N) is 1. The lowest BCUT2D eigenvalue weighted by Crippen LogP contribution is -2.28. The normalized spacial score (nSPS) is 11.5. The van der Waals surface area contributed by atoms with Gasteiger partial charge in [-0.1, -0.05) is 0 Å². The highest BCUT2D eigenvalue weighted by Gasteiger charge is 2.17. The van der Waals surface area contributed by atoms with E-state index in [-0.39, 0.29) is 6.61 Å². The average molecular weight is 362 g/mol. The van der Waals surface area contributed by atoms with E-state index in [2.05, 4.69) is 21.2 Å². The fraction of sp³-hybridized carbons (Fsp3) is 0.600. The highest BCUT2D eigenvalue weighted by atomic mass is 79.9. The summed E-state index contributed by atoms with van der Waals surface area (Å²) in [4.78, 5) is 0. The monoisotopic (exact) mass is 361 g/mol. The van der Waals surface area contributed by atoms with E-state index < -0.39 is 5.60 Å². The molecule has 21 heavy (non-hydrogen) atoms. The van der Waals surface area contributed by atoms with E-state index in [0.717, 1.165) is 16.6 Å². The highest BCUT2D eigenvalue weighted by molar-refractivity contribution is 9.10. The van der Waals surface area contributed by atoms with E-state index in [0.29, 0.717) is 24.7 Å². The zero-order chi connectivity index (χ0) is 15.9. The molecular weight excluding hydrogens is 338 g/mol. The van der Waals surface area contributed by atoms with Gasteiger partial charge in [-0.05, 0) is 47.5 Å². The standard InChI is InChI=1S/C15H24BrNO4/c1-15(2,18)10-21-14-12(16)7-11(8-13(14)20-4)9-17-5-6-19-3/h7-8,17-18H,5-6,9-10H2,1-4H3. The van der Waals surface area contributed by atoms with Crippen LogP contribution in [0.1, 0.15) is 19.4 Å². The van der Waals surface area contributed by atoms with Gasteiger partial charge in [0, 0.05) is 20.2 Å². The summed E-state index contributed by atoms with van der Waals surface area (Å²) in [5.41, 5.74) is 0.176. The molecule has 0 aliphatic heterocycles. The lowest BCUT2D eigenvalue weighted by atomic mass is 10.1. The number of halogens is 1. The van der Waals surface area contributed by atoms with E-state index in [1.165, 1.54) is 0 Å². The molecule has 0 aromatic heterocycles. The Morgan fingerprint density at radius 3 is 2.57 bits per heavy atom. The van der Waals surface area contributed by atoms with Gasteiger partial charge in [0.05, 0.1) is 23.8 Å². The number of benzene rings is 1. The van der Waals surface area contributed by atoms with Gasteiger partial charge in [-0.15, -0.1) is 0 Å². The second-order valence-electron chi connectivity index (χ2n) is 5.38. The predicted molar refractivity (Wildman–Crippen MR) is 86.1 cm³/mol. The van der Waals surface area contributed by atoms with Crippen LogP contribution in [-0.4, -0.2) is 44.7 Å². The van der Waals surface area contributed by atoms with Crippen LogP contribution in [0.3, 0.4) is 0 Å². The summed E-state index contributed by atoms with van der Waals surface area (Å²) in [7, 11) is 3.27. The Balaban J connectivity index is 2.77. The van der Waals surface area contributed by atoms with Crippen LogP contribution in [0.15, 0.2) is 16.6 Å². The van der Waals surface area contributed by atoms with Crippen molar-refractivity contribution >= 4 is 15.9 Å². The Labute approximate surface area is 134 Å². The molecule has 0 saturated heterocycles. The lowest BCUT2D eigenvalue weighted by Gasteiger charge is -2.20. The first kappa shape index (κ1) is 18.2. The Bertz CT molecular complexity index is 446. The first-order valence-electron chi connectivity index (χ1n) is 6.78. The molecule has 0 aliphatic carbocycles. The molecule has 120 valence electrons. The largest absolute Gasteiger partial charge is 0.493 e. The van der Waals surface area contributed by atoms with Crippen LogP contribution in [0.4, 0.5) is 0 Å². The second-order valence-corrected chi connectivity index (χ2v) is 6.23. The molecule has 5 nitrogen and oxygen atoms in total. The van der Waals surface area contributed by atoms with Gasteiger partial charge in [-0.25, -0.2) is 0 Å². The number of hydrogen-bond donors (Lipinski definition) is 2. The van der Waals surface area contributed by atoms with Crippen molar-refractivity contribution in [2.24, 2.45) is 0 Å². The summed E-state index contributed by atoms with van der Waals surface area (Å²) in [6.45, 7) is 5.75. The summed E-state index contributed by atoms with van der Waals surface area (Å²) >= 11 is 3.49. The number of hydrogen-bond acceptors (Lipinski definition) is 5. The molecule has 1 aromatic rings. The third-order valence-electron chi connectivity index (χ3n) is 2.67. The molecule has 2 N–H and O–H groups in total. The molecule has 1 rings (SSSR count). The Hall–Kier alpha value is -0.820. The minimum atomic E-state index is -0.898. The first-order chi connectivity index (χ1) is 9.87. The molecule has 0 unspecified atom stereocenters. The van der Waals surface area contributed by atoms with Crippen molar-refractivity contribution in [1.29, 1.82) is 0 Å². The number of aliphatic hydroxyl groups is 1. The SMILES string of the molecule is COCCNCc1cc(Br)c(OCC(C)(C)O)c(OC)c1. The van der Waals surface area contributed by atoms with Crippen LogP contribution >= 0.6 is 15.9 Å². The molecule has 0 aliphatic rings. The molecule has 0 bridgehead atoms. The van der Waals surface area contributed by atoms with E-state index in [4.69, 9.17) is 14.2 Å². The Kier molecular flexibility index (Phi) is 7.45. The third-order valence-corrected chi connectivity index (χ3v) is 3.26. The molecular formula is C15H24BrNO4. The van der Waals surface area contributed by atoms with Crippen molar-refractivity contribution in [2.75, 3.05) is 34.0 Å². The molecule has 0 spiro atoms. The zero-order valence-electron chi connectivity index (χ0n) is 13.0. The van der Waals surface area contributed by atoms with Crippen LogP contribution in [0.5, 0.6) is 11.5 Å². The van der Waals surface area contributed by atoms with E-state index >= 15 is 0 Å². The van der Waals surface area contributed by atoms with Crippen molar-refractivity contribution < 1.29 is 19.3 Å². The molecule has 1 aromatic carbocycles. The quantitative estimate of drug-likeness (QED) is 0.661. The van der Waals surface area contributed by atoms with E-state index in [9.17, 15) is 5.11 Å². The molecule has 0 saturated carbocycles. The average Bonchev–Trinajstić information content (AvgIpc) is 2.40. The maximum Gasteiger partial charge on any atom is 0.175 e. The number of rotatable bonds is 9. The van der Waals surface area contributed by atoms with Crippen LogP contribution < -0.4 is 14.8 Å². The Morgan fingerprint density at radius 1 is 1.29 bits per heavy atom. The highest BCUT2D eigenvalue weighted by Crippen LogP contribution is 2.37. The smallest absolute Gasteiger partial charge is 0.175 e. The van der Waals surface area contributed by atoms with Crippen molar-refractivity contribution in [1.82, 2.24) is 5.32 Å². The zero-order valence-corrected chi connectivity index (χ0v) is 14.6. The maximum absolute atomic E-state index is 9.75. The van der Waals surface area contributed by atoms with Crippen LogP contribution in [-0.2, 0) is 11.3 Å². The summed E-state index contributed by atoms with van der Waals surface area (Å²) < 4.78 is 16.8. The van der Waals surface area contributed by atoms with Gasteiger partial charge < -0.3 is 24.6 Å². The van der Waals surface area contributed by atoms with Gasteiger partial charge in [0.1, 0.15) is 6.61 Å². The third kappa shape index (κ3) is 6.65. The van der Waals surface area contributed by atoms with Crippen LogP contribution in [0, 0.1) is 0 Å². The first-order valence-corrected chi connectivity index (χ1v) is 7.58. The van der Waals surface area contributed by atoms with Gasteiger partial charge in [-0.2, -0.15) is 0 Å².